The Labute approximate surface area is 152 Å². The maximum absolute atomic E-state index is 11.9. The molecule has 0 aromatic rings. The van der Waals surface area contributed by atoms with Crippen molar-refractivity contribution >= 4 is 15.0 Å². The van der Waals surface area contributed by atoms with E-state index in [-0.39, 0.29) is 0 Å². The average Bonchev–Trinajstić information content (AvgIpc) is 2.45. The van der Waals surface area contributed by atoms with Gasteiger partial charge in [0.05, 0.1) is 0 Å². The lowest BCUT2D eigenvalue weighted by atomic mass is 10.0. The zero-order valence-electron chi connectivity index (χ0n) is 16.1. The molecule has 0 saturated carbocycles. The van der Waals surface area contributed by atoms with Crippen LogP contribution < -0.4 is 0 Å². The molecule has 0 aliphatic heterocycles. The molecule has 0 amide bonds. The molecule has 0 aliphatic carbocycles. The molecular weight excluding hydrogens is 358 g/mol. The summed E-state index contributed by atoms with van der Waals surface area (Å²) < 4.78 is 27.6. The van der Waals surface area contributed by atoms with E-state index in [9.17, 15) is 18.9 Å². The molecule has 0 aliphatic rings. The third-order valence-electron chi connectivity index (χ3n) is 3.79. The first-order chi connectivity index (χ1) is 11.5. The summed E-state index contributed by atoms with van der Waals surface area (Å²) in [6, 6.07) is 0. The van der Waals surface area contributed by atoms with Crippen molar-refractivity contribution in [1.82, 2.24) is 0 Å². The van der Waals surface area contributed by atoms with Crippen LogP contribution in [0.4, 0.5) is 0 Å². The first-order valence-electron chi connectivity index (χ1n) is 8.63. The fraction of sp³-hybridized carbons (Fsp3) is 0.667. The number of rotatable bonds is 12. The minimum absolute atomic E-state index is 0.376. The standard InChI is InChI=1S/C18H34O5P2/c1-16(2)9-6-10-17(3)11-7-12-18(4)13-8-14-24(19,20)15-25(21,22)23-5/h8-9,11,14,18H,6-7,10,12-13,15H2,1-5H3,(H,19,20)(H,21,22)/b14-8+,17-11+. The van der Waals surface area contributed by atoms with Crippen molar-refractivity contribution in [2.75, 3.05) is 13.0 Å². The highest BCUT2D eigenvalue weighted by atomic mass is 31.2. The van der Waals surface area contributed by atoms with Crippen LogP contribution in [-0.2, 0) is 13.7 Å². The van der Waals surface area contributed by atoms with E-state index < -0.39 is 20.9 Å². The van der Waals surface area contributed by atoms with Crippen LogP contribution >= 0.6 is 15.0 Å². The molecule has 2 N–H and O–H groups in total. The molecule has 7 heteroatoms. The zero-order valence-corrected chi connectivity index (χ0v) is 17.9. The van der Waals surface area contributed by atoms with Gasteiger partial charge < -0.3 is 14.3 Å². The summed E-state index contributed by atoms with van der Waals surface area (Å²) in [6.07, 6.45) is 10.9. The highest BCUT2D eigenvalue weighted by Gasteiger charge is 2.29. The van der Waals surface area contributed by atoms with Crippen molar-refractivity contribution in [3.63, 3.8) is 0 Å². The topological polar surface area (TPSA) is 83.8 Å². The van der Waals surface area contributed by atoms with Gasteiger partial charge in [-0.15, -0.1) is 0 Å². The Bertz CT molecular complexity index is 574. The molecule has 0 aromatic carbocycles. The summed E-state index contributed by atoms with van der Waals surface area (Å²) in [5, 5.41) is 0. The second-order valence-electron chi connectivity index (χ2n) is 6.89. The van der Waals surface area contributed by atoms with Gasteiger partial charge in [-0.05, 0) is 64.6 Å². The summed E-state index contributed by atoms with van der Waals surface area (Å²) in [5.41, 5.74) is 2.73. The van der Waals surface area contributed by atoms with E-state index in [0.29, 0.717) is 12.3 Å². The van der Waals surface area contributed by atoms with Gasteiger partial charge in [0.25, 0.3) is 0 Å². The van der Waals surface area contributed by atoms with E-state index in [0.717, 1.165) is 38.6 Å². The minimum Gasteiger partial charge on any atom is -0.341 e. The van der Waals surface area contributed by atoms with Crippen LogP contribution in [0.25, 0.3) is 0 Å². The number of hydrogen-bond donors (Lipinski definition) is 2. The number of hydrogen-bond acceptors (Lipinski definition) is 3. The van der Waals surface area contributed by atoms with Crippen molar-refractivity contribution in [3.05, 3.63) is 35.2 Å². The summed E-state index contributed by atoms with van der Waals surface area (Å²) >= 11 is 0. The second-order valence-corrected chi connectivity index (χ2v) is 11.5. The molecule has 0 rings (SSSR count). The molecule has 0 heterocycles. The lowest BCUT2D eigenvalue weighted by Crippen LogP contribution is -1.93. The SMILES string of the molecule is COP(=O)(O)CP(=O)(O)/C=C/CC(C)CC/C=C(\C)CCC=C(C)C. The van der Waals surface area contributed by atoms with Gasteiger partial charge in [0.2, 0.25) is 7.37 Å². The van der Waals surface area contributed by atoms with E-state index in [1.807, 2.05) is 0 Å². The van der Waals surface area contributed by atoms with E-state index in [1.54, 1.807) is 6.08 Å². The highest BCUT2D eigenvalue weighted by Crippen LogP contribution is 2.58. The van der Waals surface area contributed by atoms with Gasteiger partial charge in [-0.3, -0.25) is 9.13 Å². The van der Waals surface area contributed by atoms with E-state index in [2.05, 4.69) is 44.4 Å². The number of allylic oxidation sites excluding steroid dienone is 5. The van der Waals surface area contributed by atoms with E-state index in [4.69, 9.17) is 0 Å². The van der Waals surface area contributed by atoms with Crippen LogP contribution in [0.1, 0.15) is 59.8 Å². The van der Waals surface area contributed by atoms with Crippen molar-refractivity contribution in [1.29, 1.82) is 0 Å². The summed E-state index contributed by atoms with van der Waals surface area (Å²) in [5.74, 6) is 0.794. The molecule has 0 spiro atoms. The Kier molecular flexibility index (Phi) is 11.8. The predicted octanol–water partition coefficient (Wildman–Crippen LogP) is 6.06. The molecule has 0 bridgehead atoms. The van der Waals surface area contributed by atoms with E-state index >= 15 is 0 Å². The predicted molar refractivity (Wildman–Crippen MR) is 106 cm³/mol. The van der Waals surface area contributed by atoms with Crippen molar-refractivity contribution < 1.29 is 23.4 Å². The van der Waals surface area contributed by atoms with Gasteiger partial charge in [-0.25, -0.2) is 0 Å². The first-order valence-corrected chi connectivity index (χ1v) is 12.3. The quantitative estimate of drug-likeness (QED) is 0.312. The fourth-order valence-electron chi connectivity index (χ4n) is 2.24. The van der Waals surface area contributed by atoms with Gasteiger partial charge in [0.1, 0.15) is 5.90 Å². The van der Waals surface area contributed by atoms with Crippen LogP contribution in [0, 0.1) is 5.92 Å². The average molecular weight is 392 g/mol. The Hall–Kier alpha value is -0.440. The van der Waals surface area contributed by atoms with Gasteiger partial charge in [-0.2, -0.15) is 0 Å². The van der Waals surface area contributed by atoms with E-state index in [1.165, 1.54) is 11.1 Å². The van der Waals surface area contributed by atoms with Crippen molar-refractivity contribution in [2.24, 2.45) is 5.92 Å². The van der Waals surface area contributed by atoms with Gasteiger partial charge in [0.15, 0.2) is 0 Å². The van der Waals surface area contributed by atoms with Crippen LogP contribution in [-0.4, -0.2) is 22.8 Å². The van der Waals surface area contributed by atoms with Gasteiger partial charge in [0, 0.05) is 7.11 Å². The lowest BCUT2D eigenvalue weighted by Gasteiger charge is -2.12. The maximum atomic E-state index is 11.9. The molecule has 0 aromatic heterocycles. The molecule has 0 saturated heterocycles. The Balaban J connectivity index is 4.22. The monoisotopic (exact) mass is 392 g/mol. The molecule has 3 atom stereocenters. The summed E-state index contributed by atoms with van der Waals surface area (Å²) in [4.78, 5) is 19.0. The molecule has 5 nitrogen and oxygen atoms in total. The summed E-state index contributed by atoms with van der Waals surface area (Å²) in [7, 11) is -6.71. The maximum Gasteiger partial charge on any atom is 0.337 e. The van der Waals surface area contributed by atoms with Gasteiger partial charge >= 0.3 is 7.60 Å². The summed E-state index contributed by atoms with van der Waals surface area (Å²) in [6.45, 7) is 8.45. The first kappa shape index (κ1) is 24.6. The smallest absolute Gasteiger partial charge is 0.337 e. The fourth-order valence-corrected chi connectivity index (χ4v) is 5.58. The molecule has 0 fully saturated rings. The highest BCUT2D eigenvalue weighted by molar-refractivity contribution is 7.74. The molecule has 25 heavy (non-hydrogen) atoms. The normalized spacial score (nSPS) is 18.6. The van der Waals surface area contributed by atoms with Crippen molar-refractivity contribution in [2.45, 2.75) is 59.8 Å². The van der Waals surface area contributed by atoms with Crippen LogP contribution in [0.15, 0.2) is 35.2 Å². The third-order valence-corrected chi connectivity index (χ3v) is 8.08. The zero-order chi connectivity index (χ0) is 19.5. The Morgan fingerprint density at radius 1 is 1.12 bits per heavy atom. The van der Waals surface area contributed by atoms with Crippen molar-refractivity contribution in [3.8, 4) is 0 Å². The molecule has 0 radical (unpaired) electrons. The molecular formula is C18H34O5P2. The Morgan fingerprint density at radius 3 is 2.32 bits per heavy atom. The molecule has 146 valence electrons. The van der Waals surface area contributed by atoms with Crippen LogP contribution in [0.5, 0.6) is 0 Å². The second kappa shape index (κ2) is 12.0. The molecule has 3 unspecified atom stereocenters. The third kappa shape index (κ3) is 14.4. The van der Waals surface area contributed by atoms with Crippen LogP contribution in [0.2, 0.25) is 0 Å². The van der Waals surface area contributed by atoms with Gasteiger partial charge in [-0.1, -0.05) is 36.3 Å². The minimum atomic E-state index is -3.98. The van der Waals surface area contributed by atoms with Crippen LogP contribution in [0.3, 0.4) is 0 Å². The largest absolute Gasteiger partial charge is 0.341 e. The lowest BCUT2D eigenvalue weighted by molar-refractivity contribution is 0.319. The Morgan fingerprint density at radius 2 is 1.76 bits per heavy atom.